The van der Waals surface area contributed by atoms with Gasteiger partial charge in [0.15, 0.2) is 0 Å². The molecule has 0 heterocycles. The fourth-order valence-corrected chi connectivity index (χ4v) is 7.20. The van der Waals surface area contributed by atoms with Crippen LogP contribution in [0.15, 0.2) is 0 Å². The average Bonchev–Trinajstić information content (AvgIpc) is 2.91. The number of hydrogen-bond donors (Lipinski definition) is 1. The van der Waals surface area contributed by atoms with Gasteiger partial charge in [-0.05, 0) is 84.4 Å². The molecule has 0 radical (unpaired) electrons. The van der Waals surface area contributed by atoms with E-state index in [9.17, 15) is 5.11 Å². The van der Waals surface area contributed by atoms with Gasteiger partial charge in [-0.2, -0.15) is 0 Å². The van der Waals surface area contributed by atoms with Crippen molar-refractivity contribution < 1.29 is 5.11 Å². The Morgan fingerprint density at radius 1 is 0.905 bits per heavy atom. The summed E-state index contributed by atoms with van der Waals surface area (Å²) < 4.78 is 0. The SMILES string of the molecule is CC(C)[C@@H]1CC[C@]2(C)CC[C@@]3(C)C[C@H]4C[C@@]4(C)[C@@H](O)[C@@H]3C12. The van der Waals surface area contributed by atoms with Crippen LogP contribution in [-0.4, -0.2) is 11.2 Å². The van der Waals surface area contributed by atoms with E-state index in [2.05, 4.69) is 34.6 Å². The molecular weight excluding hydrogens is 256 g/mol. The lowest BCUT2D eigenvalue weighted by Gasteiger charge is -2.59. The monoisotopic (exact) mass is 290 g/mol. The van der Waals surface area contributed by atoms with E-state index in [1.807, 2.05) is 0 Å². The van der Waals surface area contributed by atoms with Crippen LogP contribution in [0.2, 0.25) is 0 Å². The number of aliphatic hydroxyl groups excluding tert-OH is 1. The topological polar surface area (TPSA) is 20.2 Å². The molecule has 0 spiro atoms. The van der Waals surface area contributed by atoms with E-state index in [1.54, 1.807) is 0 Å². The van der Waals surface area contributed by atoms with Crippen molar-refractivity contribution in [1.29, 1.82) is 0 Å². The van der Waals surface area contributed by atoms with E-state index in [0.29, 0.717) is 16.7 Å². The van der Waals surface area contributed by atoms with Crippen LogP contribution in [0.25, 0.3) is 0 Å². The Bertz CT molecular complexity index is 457. The second-order valence-corrected chi connectivity index (χ2v) is 10.4. The van der Waals surface area contributed by atoms with Gasteiger partial charge in [-0.15, -0.1) is 0 Å². The number of rotatable bonds is 1. The van der Waals surface area contributed by atoms with Gasteiger partial charge >= 0.3 is 0 Å². The third kappa shape index (κ3) is 1.73. The first-order valence-corrected chi connectivity index (χ1v) is 9.39. The van der Waals surface area contributed by atoms with Crippen LogP contribution in [0.4, 0.5) is 0 Å². The molecule has 0 aromatic rings. The van der Waals surface area contributed by atoms with E-state index >= 15 is 0 Å². The molecule has 4 saturated carbocycles. The summed E-state index contributed by atoms with van der Waals surface area (Å²) in [6.07, 6.45) is 8.21. The zero-order chi connectivity index (χ0) is 15.2. The summed E-state index contributed by atoms with van der Waals surface area (Å²) >= 11 is 0. The van der Waals surface area contributed by atoms with E-state index in [4.69, 9.17) is 0 Å². The van der Waals surface area contributed by atoms with Crippen molar-refractivity contribution in [2.24, 2.45) is 45.8 Å². The normalized spacial score (nSPS) is 62.1. The van der Waals surface area contributed by atoms with Gasteiger partial charge in [-0.1, -0.05) is 34.6 Å². The lowest BCUT2D eigenvalue weighted by atomic mass is 9.47. The second kappa shape index (κ2) is 4.08. The van der Waals surface area contributed by atoms with Crippen molar-refractivity contribution >= 4 is 0 Å². The molecule has 0 bridgehead atoms. The number of aliphatic hydroxyl groups is 1. The van der Waals surface area contributed by atoms with Gasteiger partial charge in [0.1, 0.15) is 0 Å². The molecule has 0 aromatic carbocycles. The van der Waals surface area contributed by atoms with E-state index in [-0.39, 0.29) is 11.5 Å². The molecule has 0 aliphatic heterocycles. The molecule has 8 atom stereocenters. The third-order valence-corrected chi connectivity index (χ3v) is 8.82. The van der Waals surface area contributed by atoms with Gasteiger partial charge in [0.25, 0.3) is 0 Å². The fourth-order valence-electron chi connectivity index (χ4n) is 7.20. The van der Waals surface area contributed by atoms with E-state index in [0.717, 1.165) is 23.7 Å². The molecule has 0 saturated heterocycles. The van der Waals surface area contributed by atoms with Crippen LogP contribution >= 0.6 is 0 Å². The van der Waals surface area contributed by atoms with Crippen LogP contribution in [0, 0.1) is 45.8 Å². The molecule has 1 nitrogen and oxygen atoms in total. The summed E-state index contributed by atoms with van der Waals surface area (Å²) in [5, 5.41) is 11.3. The maximum Gasteiger partial charge on any atom is 0.0632 e. The first-order valence-electron chi connectivity index (χ1n) is 9.39. The highest BCUT2D eigenvalue weighted by atomic mass is 16.3. The summed E-state index contributed by atoms with van der Waals surface area (Å²) in [6, 6.07) is 0. The molecule has 1 N–H and O–H groups in total. The third-order valence-electron chi connectivity index (χ3n) is 8.82. The van der Waals surface area contributed by atoms with Gasteiger partial charge in [-0.3, -0.25) is 0 Å². The second-order valence-electron chi connectivity index (χ2n) is 10.4. The molecule has 4 rings (SSSR count). The number of fused-ring (bicyclic) bond motifs is 4. The quantitative estimate of drug-likeness (QED) is 0.729. The molecule has 120 valence electrons. The Hall–Kier alpha value is -0.0400. The van der Waals surface area contributed by atoms with Crippen molar-refractivity contribution in [3.05, 3.63) is 0 Å². The van der Waals surface area contributed by atoms with Gasteiger partial charge in [0.05, 0.1) is 6.10 Å². The number of hydrogen-bond acceptors (Lipinski definition) is 1. The Morgan fingerprint density at radius 2 is 1.57 bits per heavy atom. The van der Waals surface area contributed by atoms with Crippen LogP contribution in [0.3, 0.4) is 0 Å². The lowest BCUT2D eigenvalue weighted by Crippen LogP contribution is -2.56. The lowest BCUT2D eigenvalue weighted by molar-refractivity contribution is -0.150. The molecule has 1 unspecified atom stereocenters. The van der Waals surface area contributed by atoms with Crippen molar-refractivity contribution in [1.82, 2.24) is 0 Å². The fraction of sp³-hybridized carbons (Fsp3) is 1.00. The minimum atomic E-state index is -0.0368. The molecule has 4 aliphatic carbocycles. The van der Waals surface area contributed by atoms with Crippen molar-refractivity contribution in [2.45, 2.75) is 79.2 Å². The van der Waals surface area contributed by atoms with Crippen LogP contribution in [-0.2, 0) is 0 Å². The molecule has 0 aromatic heterocycles. The summed E-state index contributed by atoms with van der Waals surface area (Å²) in [7, 11) is 0. The first kappa shape index (κ1) is 14.5. The molecule has 21 heavy (non-hydrogen) atoms. The Labute approximate surface area is 130 Å². The van der Waals surface area contributed by atoms with Gasteiger partial charge in [0, 0.05) is 0 Å². The Balaban J connectivity index is 1.76. The molecule has 1 heteroatoms. The maximum absolute atomic E-state index is 11.3. The highest BCUT2D eigenvalue weighted by molar-refractivity contribution is 5.19. The standard InChI is InChI=1S/C20H34O/c1-12(2)14-6-7-18(3)8-9-19(4)10-13-11-20(13,5)17(21)16(19)15(14)18/h12-17,21H,6-11H2,1-5H3/t13-,14-,15?,16-,17-,18+,19-,20+/m0/s1. The summed E-state index contributed by atoms with van der Waals surface area (Å²) in [4.78, 5) is 0. The van der Waals surface area contributed by atoms with Crippen LogP contribution in [0.1, 0.15) is 73.1 Å². The summed E-state index contributed by atoms with van der Waals surface area (Å²) in [6.45, 7) is 12.3. The Morgan fingerprint density at radius 3 is 2.24 bits per heavy atom. The Kier molecular flexibility index (Phi) is 2.82. The smallest absolute Gasteiger partial charge is 0.0632 e. The molecule has 0 amide bonds. The highest BCUT2D eigenvalue weighted by Gasteiger charge is 2.70. The average molecular weight is 290 g/mol. The van der Waals surface area contributed by atoms with Crippen LogP contribution in [0.5, 0.6) is 0 Å². The molecule has 4 aliphatic rings. The first-order chi connectivity index (χ1) is 9.71. The predicted octanol–water partition coefficient (Wildman–Crippen LogP) is 4.88. The minimum absolute atomic E-state index is 0.0368. The van der Waals surface area contributed by atoms with Crippen molar-refractivity contribution in [3.63, 3.8) is 0 Å². The van der Waals surface area contributed by atoms with Crippen LogP contribution < -0.4 is 0 Å². The maximum atomic E-state index is 11.3. The summed E-state index contributed by atoms with van der Waals surface area (Å²) in [5.41, 5.74) is 1.20. The largest absolute Gasteiger partial charge is 0.392 e. The zero-order valence-electron chi connectivity index (χ0n) is 14.7. The van der Waals surface area contributed by atoms with Gasteiger partial charge < -0.3 is 5.11 Å². The van der Waals surface area contributed by atoms with E-state index in [1.165, 1.54) is 38.5 Å². The van der Waals surface area contributed by atoms with Gasteiger partial charge in [0.2, 0.25) is 0 Å². The summed E-state index contributed by atoms with van der Waals surface area (Å²) in [5.74, 6) is 3.76. The van der Waals surface area contributed by atoms with Crippen molar-refractivity contribution in [2.75, 3.05) is 0 Å². The zero-order valence-corrected chi connectivity index (χ0v) is 14.7. The predicted molar refractivity (Wildman–Crippen MR) is 86.8 cm³/mol. The molecular formula is C20H34O. The van der Waals surface area contributed by atoms with Crippen molar-refractivity contribution in [3.8, 4) is 0 Å². The van der Waals surface area contributed by atoms with Gasteiger partial charge in [-0.25, -0.2) is 0 Å². The molecule has 4 fully saturated rings. The van der Waals surface area contributed by atoms with E-state index < -0.39 is 0 Å². The minimum Gasteiger partial charge on any atom is -0.392 e. The highest BCUT2D eigenvalue weighted by Crippen LogP contribution is 2.74.